The van der Waals surface area contributed by atoms with Crippen molar-refractivity contribution in [2.24, 2.45) is 5.41 Å². The molecule has 0 aliphatic heterocycles. The van der Waals surface area contributed by atoms with E-state index < -0.39 is 29.5 Å². The predicted octanol–water partition coefficient (Wildman–Crippen LogP) is 1.16. The Bertz CT molecular complexity index is 273. The average molecular weight is 227 g/mol. The molecule has 88 valence electrons. The fourth-order valence-corrected chi connectivity index (χ4v) is 0.998. The van der Waals surface area contributed by atoms with Crippen molar-refractivity contribution in [1.29, 1.82) is 0 Å². The second kappa shape index (κ2) is 4.08. The van der Waals surface area contributed by atoms with Crippen molar-refractivity contribution in [3.63, 3.8) is 0 Å². The van der Waals surface area contributed by atoms with Gasteiger partial charge in [0.2, 0.25) is 5.91 Å². The molecule has 0 aliphatic rings. The molecule has 1 amide bonds. The fraction of sp³-hybridized carbons (Fsp3) is 0.750. The lowest BCUT2D eigenvalue weighted by molar-refractivity contribution is -0.193. The molecule has 0 bridgehead atoms. The molecule has 0 radical (unpaired) electrons. The van der Waals surface area contributed by atoms with Gasteiger partial charge in [-0.05, 0) is 13.8 Å². The van der Waals surface area contributed by atoms with Gasteiger partial charge in [0, 0.05) is 6.92 Å². The summed E-state index contributed by atoms with van der Waals surface area (Å²) in [5.41, 5.74) is -2.11. The molecule has 0 aliphatic carbocycles. The maximum Gasteiger partial charge on any atom is 0.409 e. The van der Waals surface area contributed by atoms with E-state index in [0.29, 0.717) is 0 Å². The second-order valence-electron chi connectivity index (χ2n) is 3.70. The van der Waals surface area contributed by atoms with E-state index in [2.05, 4.69) is 0 Å². The summed E-state index contributed by atoms with van der Waals surface area (Å²) < 4.78 is 37.4. The average Bonchev–Trinajstić information content (AvgIpc) is 1.97. The van der Waals surface area contributed by atoms with Crippen molar-refractivity contribution in [2.75, 3.05) is 0 Å². The second-order valence-corrected chi connectivity index (χ2v) is 3.70. The number of hydrogen-bond donors (Lipinski definition) is 2. The van der Waals surface area contributed by atoms with Gasteiger partial charge < -0.3 is 10.4 Å². The Morgan fingerprint density at radius 2 is 1.67 bits per heavy atom. The van der Waals surface area contributed by atoms with E-state index in [0.717, 1.165) is 20.8 Å². The largest absolute Gasteiger partial charge is 0.481 e. The van der Waals surface area contributed by atoms with E-state index in [-0.39, 0.29) is 0 Å². The normalized spacial score (nSPS) is 14.5. The number of alkyl halides is 3. The number of amides is 1. The molecule has 0 saturated heterocycles. The molecule has 2 N–H and O–H groups in total. The molecule has 1 atom stereocenters. The van der Waals surface area contributed by atoms with E-state index in [1.54, 1.807) is 5.32 Å². The fourth-order valence-electron chi connectivity index (χ4n) is 0.998. The number of hydrogen-bond acceptors (Lipinski definition) is 2. The standard InChI is InChI=1S/C8H12F3NO3/c1-4(13)12-5(8(9,10)11)7(2,3)6(14)15/h5H,1-3H3,(H,12,13)(H,14,15)/t5-/m0/s1. The number of halogens is 3. The lowest BCUT2D eigenvalue weighted by Crippen LogP contribution is -2.56. The van der Waals surface area contributed by atoms with Crippen LogP contribution in [0.5, 0.6) is 0 Å². The topological polar surface area (TPSA) is 66.4 Å². The van der Waals surface area contributed by atoms with Crippen LogP contribution >= 0.6 is 0 Å². The van der Waals surface area contributed by atoms with Crippen molar-refractivity contribution in [3.8, 4) is 0 Å². The molecule has 0 fully saturated rings. The molecule has 7 heteroatoms. The minimum Gasteiger partial charge on any atom is -0.481 e. The quantitative estimate of drug-likeness (QED) is 0.760. The van der Waals surface area contributed by atoms with Gasteiger partial charge in [-0.25, -0.2) is 0 Å². The lowest BCUT2D eigenvalue weighted by atomic mass is 9.84. The summed E-state index contributed by atoms with van der Waals surface area (Å²) in [6.45, 7) is 2.71. The summed E-state index contributed by atoms with van der Waals surface area (Å²) in [5.74, 6) is -2.55. The van der Waals surface area contributed by atoms with E-state index in [4.69, 9.17) is 5.11 Å². The molecule has 0 spiro atoms. The summed E-state index contributed by atoms with van der Waals surface area (Å²) in [6.07, 6.45) is -4.80. The summed E-state index contributed by atoms with van der Waals surface area (Å²) in [4.78, 5) is 21.2. The molecule has 15 heavy (non-hydrogen) atoms. The maximum absolute atomic E-state index is 12.5. The highest BCUT2D eigenvalue weighted by atomic mass is 19.4. The van der Waals surface area contributed by atoms with Crippen molar-refractivity contribution in [3.05, 3.63) is 0 Å². The zero-order valence-electron chi connectivity index (χ0n) is 8.47. The SMILES string of the molecule is CC(=O)N[C@H](C(F)(F)F)C(C)(C)C(=O)O. The minimum absolute atomic E-state index is 0.899. The highest BCUT2D eigenvalue weighted by Crippen LogP contribution is 2.33. The van der Waals surface area contributed by atoms with Gasteiger partial charge in [0.25, 0.3) is 0 Å². The zero-order valence-corrected chi connectivity index (χ0v) is 8.47. The molecule has 4 nitrogen and oxygen atoms in total. The Hall–Kier alpha value is -1.27. The smallest absolute Gasteiger partial charge is 0.409 e. The first kappa shape index (κ1) is 13.7. The Morgan fingerprint density at radius 3 is 1.87 bits per heavy atom. The highest BCUT2D eigenvalue weighted by Gasteiger charge is 2.53. The molecule has 0 aromatic carbocycles. The maximum atomic E-state index is 12.5. The van der Waals surface area contributed by atoms with Crippen LogP contribution in [0, 0.1) is 5.41 Å². The van der Waals surface area contributed by atoms with Crippen LogP contribution in [0.4, 0.5) is 13.2 Å². The molecule has 0 aromatic heterocycles. The molecule has 0 saturated carbocycles. The molecular weight excluding hydrogens is 215 g/mol. The number of nitrogens with one attached hydrogen (secondary N) is 1. The van der Waals surface area contributed by atoms with E-state index in [1.807, 2.05) is 0 Å². The van der Waals surface area contributed by atoms with Gasteiger partial charge >= 0.3 is 12.1 Å². The first-order valence-corrected chi connectivity index (χ1v) is 4.06. The van der Waals surface area contributed by atoms with Crippen molar-refractivity contribution >= 4 is 11.9 Å². The number of rotatable bonds is 3. The van der Waals surface area contributed by atoms with Crippen molar-refractivity contribution < 1.29 is 27.9 Å². The number of aliphatic carboxylic acids is 1. The Morgan fingerprint density at radius 1 is 1.27 bits per heavy atom. The van der Waals surface area contributed by atoms with Crippen LogP contribution in [-0.2, 0) is 9.59 Å². The number of carboxylic acid groups (broad SMARTS) is 1. The van der Waals surface area contributed by atoms with Gasteiger partial charge in [-0.15, -0.1) is 0 Å². The van der Waals surface area contributed by atoms with Crippen LogP contribution in [0.15, 0.2) is 0 Å². The molecular formula is C8H12F3NO3. The number of carbonyl (C=O) groups is 2. The van der Waals surface area contributed by atoms with Crippen LogP contribution in [0.2, 0.25) is 0 Å². The number of carboxylic acids is 1. The van der Waals surface area contributed by atoms with Gasteiger partial charge in [0.05, 0.1) is 5.41 Å². The van der Waals surface area contributed by atoms with Crippen LogP contribution in [-0.4, -0.2) is 29.2 Å². The molecule has 0 aromatic rings. The third-order valence-corrected chi connectivity index (χ3v) is 1.95. The monoisotopic (exact) mass is 227 g/mol. The van der Waals surface area contributed by atoms with Gasteiger partial charge in [0.15, 0.2) is 0 Å². The molecule has 0 heterocycles. The molecule has 0 unspecified atom stereocenters. The number of carbonyl (C=O) groups excluding carboxylic acids is 1. The van der Waals surface area contributed by atoms with Crippen LogP contribution in [0.3, 0.4) is 0 Å². The van der Waals surface area contributed by atoms with Gasteiger partial charge in [-0.2, -0.15) is 13.2 Å². The third kappa shape index (κ3) is 3.41. The summed E-state index contributed by atoms with van der Waals surface area (Å²) >= 11 is 0. The van der Waals surface area contributed by atoms with Crippen molar-refractivity contribution in [2.45, 2.75) is 33.0 Å². The predicted molar refractivity (Wildman–Crippen MR) is 45.1 cm³/mol. The highest BCUT2D eigenvalue weighted by molar-refractivity contribution is 5.78. The minimum atomic E-state index is -4.80. The van der Waals surface area contributed by atoms with Gasteiger partial charge in [-0.1, -0.05) is 0 Å². The van der Waals surface area contributed by atoms with Crippen LogP contribution in [0.25, 0.3) is 0 Å². The summed E-state index contributed by atoms with van der Waals surface area (Å²) in [6, 6.07) is -2.40. The lowest BCUT2D eigenvalue weighted by Gasteiger charge is -2.32. The molecule has 0 rings (SSSR count). The van der Waals surface area contributed by atoms with E-state index in [9.17, 15) is 22.8 Å². The van der Waals surface area contributed by atoms with Gasteiger partial charge in [-0.3, -0.25) is 9.59 Å². The van der Waals surface area contributed by atoms with E-state index in [1.165, 1.54) is 0 Å². The van der Waals surface area contributed by atoms with Gasteiger partial charge in [0.1, 0.15) is 6.04 Å². The summed E-state index contributed by atoms with van der Waals surface area (Å²) in [7, 11) is 0. The Labute approximate surface area is 84.5 Å². The van der Waals surface area contributed by atoms with Crippen molar-refractivity contribution in [1.82, 2.24) is 5.32 Å². The summed E-state index contributed by atoms with van der Waals surface area (Å²) in [5, 5.41) is 10.2. The van der Waals surface area contributed by atoms with Crippen LogP contribution in [0.1, 0.15) is 20.8 Å². The Balaban J connectivity index is 5.11. The van der Waals surface area contributed by atoms with E-state index >= 15 is 0 Å². The van der Waals surface area contributed by atoms with Crippen LogP contribution < -0.4 is 5.32 Å². The third-order valence-electron chi connectivity index (χ3n) is 1.95. The Kier molecular flexibility index (Phi) is 3.73. The first-order valence-electron chi connectivity index (χ1n) is 4.06. The first-order chi connectivity index (χ1) is 6.49. The zero-order chi connectivity index (χ0) is 12.4.